The zero-order valence-corrected chi connectivity index (χ0v) is 13.5. The van der Waals surface area contributed by atoms with Gasteiger partial charge in [0.25, 0.3) is 5.91 Å². The maximum absolute atomic E-state index is 11.8. The third kappa shape index (κ3) is 3.55. The van der Waals surface area contributed by atoms with Gasteiger partial charge in [-0.15, -0.1) is 11.3 Å². The molecule has 2 aromatic heterocycles. The third-order valence-electron chi connectivity index (χ3n) is 2.94. The number of nitrogens with zero attached hydrogens (tertiary/aromatic N) is 2. The standard InChI is InChI=1S/C15H14N4OS2/c1-10(11-6-4-8-16-11)18-19-14(20)9-21-15-17-12-5-2-3-7-13(12)22-15/h2-8,16H,9H2,1H3,(H,19,20)/b18-10+. The Labute approximate surface area is 135 Å². The first-order valence-electron chi connectivity index (χ1n) is 6.67. The van der Waals surface area contributed by atoms with Crippen molar-refractivity contribution >= 4 is 44.9 Å². The smallest absolute Gasteiger partial charge is 0.250 e. The summed E-state index contributed by atoms with van der Waals surface area (Å²) in [6, 6.07) is 11.7. The van der Waals surface area contributed by atoms with E-state index in [0.717, 1.165) is 26.0 Å². The van der Waals surface area contributed by atoms with Gasteiger partial charge in [-0.25, -0.2) is 10.4 Å². The highest BCUT2D eigenvalue weighted by Gasteiger charge is 2.07. The van der Waals surface area contributed by atoms with E-state index >= 15 is 0 Å². The molecule has 0 bridgehead atoms. The first-order valence-corrected chi connectivity index (χ1v) is 8.48. The second-order valence-electron chi connectivity index (χ2n) is 4.55. The van der Waals surface area contributed by atoms with E-state index in [-0.39, 0.29) is 5.91 Å². The fourth-order valence-corrected chi connectivity index (χ4v) is 3.69. The van der Waals surface area contributed by atoms with E-state index in [1.807, 2.05) is 49.5 Å². The Kier molecular flexibility index (Phi) is 4.55. The summed E-state index contributed by atoms with van der Waals surface area (Å²) in [5, 5.41) is 4.08. The van der Waals surface area contributed by atoms with Gasteiger partial charge < -0.3 is 4.98 Å². The zero-order chi connectivity index (χ0) is 15.4. The quantitative estimate of drug-likeness (QED) is 0.428. The van der Waals surface area contributed by atoms with Crippen LogP contribution in [0.4, 0.5) is 0 Å². The summed E-state index contributed by atoms with van der Waals surface area (Å²) >= 11 is 3.01. The number of aromatic amines is 1. The zero-order valence-electron chi connectivity index (χ0n) is 11.9. The molecule has 0 saturated carbocycles. The van der Waals surface area contributed by atoms with E-state index in [4.69, 9.17) is 0 Å². The summed E-state index contributed by atoms with van der Waals surface area (Å²) in [6.45, 7) is 1.84. The van der Waals surface area contributed by atoms with Gasteiger partial charge in [0.1, 0.15) is 0 Å². The van der Waals surface area contributed by atoms with Crippen molar-refractivity contribution in [2.45, 2.75) is 11.3 Å². The minimum Gasteiger partial charge on any atom is -0.360 e. The van der Waals surface area contributed by atoms with Gasteiger partial charge in [0.05, 0.1) is 27.4 Å². The molecule has 5 nitrogen and oxygen atoms in total. The fourth-order valence-electron chi connectivity index (χ4n) is 1.83. The summed E-state index contributed by atoms with van der Waals surface area (Å²) < 4.78 is 2.02. The molecule has 0 atom stereocenters. The van der Waals surface area contributed by atoms with Crippen molar-refractivity contribution in [2.75, 3.05) is 5.75 Å². The Hall–Kier alpha value is -2.12. The van der Waals surface area contributed by atoms with Crippen LogP contribution in [0, 0.1) is 0 Å². The molecule has 0 aliphatic rings. The molecule has 2 N–H and O–H groups in total. The summed E-state index contributed by atoms with van der Waals surface area (Å²) in [5.41, 5.74) is 5.16. The molecule has 112 valence electrons. The number of carbonyl (C=O) groups excluding carboxylic acids is 1. The third-order valence-corrected chi connectivity index (χ3v) is 5.12. The number of thioether (sulfide) groups is 1. The van der Waals surface area contributed by atoms with Gasteiger partial charge in [-0.05, 0) is 31.2 Å². The topological polar surface area (TPSA) is 70.1 Å². The van der Waals surface area contributed by atoms with Gasteiger partial charge in [0.15, 0.2) is 4.34 Å². The van der Waals surface area contributed by atoms with Gasteiger partial charge in [-0.1, -0.05) is 23.9 Å². The number of hydrazone groups is 1. The maximum Gasteiger partial charge on any atom is 0.250 e. The highest BCUT2D eigenvalue weighted by Crippen LogP contribution is 2.28. The number of carbonyl (C=O) groups is 1. The average molecular weight is 330 g/mol. The molecule has 0 unspecified atom stereocenters. The molecule has 0 aliphatic carbocycles. The predicted octanol–water partition coefficient (Wildman–Crippen LogP) is 3.26. The first kappa shape index (κ1) is 14.8. The van der Waals surface area contributed by atoms with Crippen LogP contribution in [-0.4, -0.2) is 27.3 Å². The molecule has 3 aromatic rings. The van der Waals surface area contributed by atoms with Crippen LogP contribution in [-0.2, 0) is 4.79 Å². The number of hydrogen-bond donors (Lipinski definition) is 2. The summed E-state index contributed by atoms with van der Waals surface area (Å²) in [4.78, 5) is 19.4. The first-order chi connectivity index (χ1) is 10.7. The molecule has 0 saturated heterocycles. The number of fused-ring (bicyclic) bond motifs is 1. The van der Waals surface area contributed by atoms with Crippen LogP contribution in [0.1, 0.15) is 12.6 Å². The van der Waals surface area contributed by atoms with Crippen molar-refractivity contribution in [2.24, 2.45) is 5.10 Å². The second-order valence-corrected chi connectivity index (χ2v) is 6.81. The fraction of sp³-hybridized carbons (Fsp3) is 0.133. The maximum atomic E-state index is 11.8. The van der Waals surface area contributed by atoms with Crippen molar-refractivity contribution in [3.05, 3.63) is 48.3 Å². The van der Waals surface area contributed by atoms with Crippen molar-refractivity contribution in [3.63, 3.8) is 0 Å². The largest absolute Gasteiger partial charge is 0.360 e. The molecular weight excluding hydrogens is 316 g/mol. The lowest BCUT2D eigenvalue weighted by Crippen LogP contribution is -2.21. The summed E-state index contributed by atoms with van der Waals surface area (Å²) in [5.74, 6) is 0.150. The van der Waals surface area contributed by atoms with Crippen LogP contribution >= 0.6 is 23.1 Å². The highest BCUT2D eigenvalue weighted by molar-refractivity contribution is 8.01. The van der Waals surface area contributed by atoms with E-state index < -0.39 is 0 Å². The molecule has 0 spiro atoms. The SMILES string of the molecule is C/C(=N\NC(=O)CSc1nc2ccccc2s1)c1ccc[nH]1. The minimum atomic E-state index is -0.143. The van der Waals surface area contributed by atoms with E-state index in [0.29, 0.717) is 5.75 Å². The molecule has 22 heavy (non-hydrogen) atoms. The monoisotopic (exact) mass is 330 g/mol. The Bertz CT molecular complexity index is 775. The number of benzene rings is 1. The van der Waals surface area contributed by atoms with E-state index in [9.17, 15) is 4.79 Å². The van der Waals surface area contributed by atoms with Crippen LogP contribution in [0.3, 0.4) is 0 Å². The molecular formula is C15H14N4OS2. The number of H-pyrrole nitrogens is 1. The molecule has 7 heteroatoms. The minimum absolute atomic E-state index is 0.143. The van der Waals surface area contributed by atoms with Crippen LogP contribution < -0.4 is 5.43 Å². The van der Waals surface area contributed by atoms with Gasteiger partial charge in [-0.2, -0.15) is 5.10 Å². The van der Waals surface area contributed by atoms with E-state index in [2.05, 4.69) is 20.5 Å². The van der Waals surface area contributed by atoms with Gasteiger partial charge in [-0.3, -0.25) is 4.79 Å². The number of para-hydroxylation sites is 1. The van der Waals surface area contributed by atoms with Gasteiger partial charge in [0.2, 0.25) is 0 Å². The van der Waals surface area contributed by atoms with Gasteiger partial charge >= 0.3 is 0 Å². The van der Waals surface area contributed by atoms with Crippen LogP contribution in [0.2, 0.25) is 0 Å². The second kappa shape index (κ2) is 6.76. The van der Waals surface area contributed by atoms with Crippen LogP contribution in [0.25, 0.3) is 10.2 Å². The lowest BCUT2D eigenvalue weighted by Gasteiger charge is -2.00. The summed E-state index contributed by atoms with van der Waals surface area (Å²) in [7, 11) is 0. The van der Waals surface area contributed by atoms with Crippen molar-refractivity contribution in [1.29, 1.82) is 0 Å². The number of aromatic nitrogens is 2. The van der Waals surface area contributed by atoms with Crippen molar-refractivity contribution in [1.82, 2.24) is 15.4 Å². The van der Waals surface area contributed by atoms with Crippen LogP contribution in [0.5, 0.6) is 0 Å². The van der Waals surface area contributed by atoms with E-state index in [1.54, 1.807) is 11.3 Å². The number of amides is 1. The number of thiazole rings is 1. The van der Waals surface area contributed by atoms with Crippen molar-refractivity contribution in [3.8, 4) is 0 Å². The Morgan fingerprint density at radius 2 is 2.23 bits per heavy atom. The Balaban J connectivity index is 1.55. The average Bonchev–Trinajstić information content (AvgIpc) is 3.19. The summed E-state index contributed by atoms with van der Waals surface area (Å²) in [6.07, 6.45) is 1.82. The molecule has 1 aromatic carbocycles. The molecule has 1 amide bonds. The Morgan fingerprint density at radius 3 is 3.00 bits per heavy atom. The molecule has 2 heterocycles. The number of rotatable bonds is 5. The van der Waals surface area contributed by atoms with Gasteiger partial charge in [0, 0.05) is 6.20 Å². The molecule has 0 fully saturated rings. The molecule has 3 rings (SSSR count). The van der Waals surface area contributed by atoms with E-state index in [1.165, 1.54) is 11.8 Å². The predicted molar refractivity (Wildman–Crippen MR) is 91.5 cm³/mol. The Morgan fingerprint density at radius 1 is 1.36 bits per heavy atom. The number of hydrogen-bond acceptors (Lipinski definition) is 5. The lowest BCUT2D eigenvalue weighted by atomic mass is 10.3. The highest BCUT2D eigenvalue weighted by atomic mass is 32.2. The van der Waals surface area contributed by atoms with Crippen molar-refractivity contribution < 1.29 is 4.79 Å². The molecule has 0 radical (unpaired) electrons. The lowest BCUT2D eigenvalue weighted by molar-refractivity contribution is -0.118. The van der Waals surface area contributed by atoms with Crippen LogP contribution in [0.15, 0.2) is 52.0 Å². The number of nitrogens with one attached hydrogen (secondary N) is 2. The molecule has 0 aliphatic heterocycles. The normalized spacial score (nSPS) is 11.8.